The second-order valence-corrected chi connectivity index (χ2v) is 12.7. The molecule has 2 heteroatoms. The Morgan fingerprint density at radius 3 is 1.69 bits per heavy atom. The normalized spacial score (nSPS) is 11.7. The molecule has 0 amide bonds. The minimum absolute atomic E-state index is 0.139. The first-order valence-electron chi connectivity index (χ1n) is 12.7. The minimum Gasteiger partial charge on any atom is -0.642 e. The quantitative estimate of drug-likeness (QED) is 0.193. The van der Waals surface area contributed by atoms with Crippen LogP contribution in [0, 0.1) is 6.92 Å². The van der Waals surface area contributed by atoms with Gasteiger partial charge >= 0.3 is 14.5 Å². The van der Waals surface area contributed by atoms with Crippen LogP contribution >= 0.6 is 0 Å². The summed E-state index contributed by atoms with van der Waals surface area (Å²) >= 11 is -1.21. The van der Waals surface area contributed by atoms with Gasteiger partial charge in [0.2, 0.25) is 0 Å². The second kappa shape index (κ2) is 15.4. The van der Waals surface area contributed by atoms with Crippen LogP contribution in [0.2, 0.25) is 10.6 Å². The zero-order valence-corrected chi connectivity index (χ0v) is 21.8. The van der Waals surface area contributed by atoms with Crippen molar-refractivity contribution in [3.8, 4) is 5.75 Å². The van der Waals surface area contributed by atoms with Gasteiger partial charge in [-0.25, -0.2) is 0 Å². The monoisotopic (exact) mass is 416 g/mol. The number of hydrogen-bond acceptors (Lipinski definition) is 1. The van der Waals surface area contributed by atoms with Gasteiger partial charge in [0.05, 0.1) is 5.75 Å². The van der Waals surface area contributed by atoms with E-state index in [9.17, 15) is 0 Å². The average molecular weight is 417 g/mol. The highest BCUT2D eigenvalue weighted by atomic mass is 27.2. The summed E-state index contributed by atoms with van der Waals surface area (Å²) in [6.45, 7) is 13.8. The zero-order valence-electron chi connectivity index (χ0n) is 20.6. The summed E-state index contributed by atoms with van der Waals surface area (Å²) < 4.78 is 6.90. The molecule has 1 rings (SSSR count). The highest BCUT2D eigenvalue weighted by Crippen LogP contribution is 2.35. The summed E-state index contributed by atoms with van der Waals surface area (Å²) in [5, 5.41) is 2.69. The molecule has 1 nitrogen and oxygen atoms in total. The van der Waals surface area contributed by atoms with Gasteiger partial charge in [-0.2, -0.15) is 0 Å². The molecule has 0 bridgehead atoms. The van der Waals surface area contributed by atoms with E-state index in [0.29, 0.717) is 0 Å². The summed E-state index contributed by atoms with van der Waals surface area (Å²) in [5.74, 6) is 1.22. The maximum absolute atomic E-state index is 6.90. The van der Waals surface area contributed by atoms with Gasteiger partial charge in [0, 0.05) is 0 Å². The third kappa shape index (κ3) is 11.5. The number of unbranched alkanes of at least 4 members (excludes halogenated alkanes) is 10. The molecule has 0 saturated carbocycles. The molecule has 0 heterocycles. The second-order valence-electron chi connectivity index (χ2n) is 10.1. The lowest BCUT2D eigenvalue weighted by Crippen LogP contribution is -2.24. The Morgan fingerprint density at radius 2 is 1.21 bits per heavy atom. The Morgan fingerprint density at radius 1 is 0.724 bits per heavy atom. The lowest BCUT2D eigenvalue weighted by atomic mass is 9.85. The number of hydrogen-bond donors (Lipinski definition) is 0. The maximum Gasteiger partial charge on any atom is 0.546 e. The van der Waals surface area contributed by atoms with Crippen LogP contribution < -0.4 is 3.79 Å². The van der Waals surface area contributed by atoms with E-state index in [2.05, 4.69) is 59.7 Å². The lowest BCUT2D eigenvalue weighted by molar-refractivity contribution is 0.500. The molecule has 0 unspecified atom stereocenters. The third-order valence-corrected chi connectivity index (χ3v) is 8.74. The standard InChI is InChI=1S/C11H16O.2C8H17.Al/c1-8-6-5-7-9(10(8)12)11(2,3)4;2*1-3-5-7-8-6-4-2;/h5-7,12H,1-4H3;2*1,3-8H2,2H3;/q;;;+1/p-1. The minimum atomic E-state index is -1.21. The van der Waals surface area contributed by atoms with Crippen LogP contribution in [0.1, 0.15) is 123 Å². The van der Waals surface area contributed by atoms with Gasteiger partial charge in [-0.3, -0.25) is 0 Å². The van der Waals surface area contributed by atoms with E-state index in [1.807, 2.05) is 0 Å². The molecule has 0 aliphatic rings. The molecule has 1 aromatic carbocycles. The summed E-state index contributed by atoms with van der Waals surface area (Å²) in [6.07, 6.45) is 16.6. The van der Waals surface area contributed by atoms with Crippen LogP contribution in [0.4, 0.5) is 0 Å². The molecule has 166 valence electrons. The summed E-state index contributed by atoms with van der Waals surface area (Å²) in [6, 6.07) is 6.70. The van der Waals surface area contributed by atoms with Gasteiger partial charge in [0.15, 0.2) is 0 Å². The lowest BCUT2D eigenvalue weighted by Gasteiger charge is -2.27. The number of para-hydroxylation sites is 1. The van der Waals surface area contributed by atoms with E-state index in [0.717, 1.165) is 0 Å². The van der Waals surface area contributed by atoms with Gasteiger partial charge in [0.1, 0.15) is 0 Å². The van der Waals surface area contributed by atoms with E-state index < -0.39 is 14.5 Å². The topological polar surface area (TPSA) is 9.23 Å². The summed E-state index contributed by atoms with van der Waals surface area (Å²) in [7, 11) is 0. The van der Waals surface area contributed by atoms with Crippen molar-refractivity contribution in [1.82, 2.24) is 0 Å². The number of rotatable bonds is 16. The first-order valence-corrected chi connectivity index (χ1v) is 14.8. The summed E-state index contributed by atoms with van der Waals surface area (Å²) in [4.78, 5) is 0. The van der Waals surface area contributed by atoms with Crippen molar-refractivity contribution in [2.24, 2.45) is 0 Å². The van der Waals surface area contributed by atoms with Crippen molar-refractivity contribution in [2.45, 2.75) is 135 Å². The third-order valence-electron chi connectivity index (χ3n) is 6.06. The van der Waals surface area contributed by atoms with Crippen molar-refractivity contribution in [2.75, 3.05) is 0 Å². The van der Waals surface area contributed by atoms with Gasteiger partial charge < -0.3 is 3.79 Å². The van der Waals surface area contributed by atoms with Crippen molar-refractivity contribution < 1.29 is 3.79 Å². The van der Waals surface area contributed by atoms with E-state index in [4.69, 9.17) is 3.79 Å². The maximum atomic E-state index is 6.90. The van der Waals surface area contributed by atoms with Crippen LogP contribution in [0.5, 0.6) is 5.75 Å². The highest BCUT2D eigenvalue weighted by molar-refractivity contribution is 6.52. The molecule has 0 fully saturated rings. The van der Waals surface area contributed by atoms with Crippen molar-refractivity contribution >= 4 is 14.5 Å². The number of benzene rings is 1. The molecular weight excluding hydrogens is 367 g/mol. The SMILES string of the molecule is CCCCCCC[CH2][Al]([CH2]CCCCCCC)[O]c1c(C)cccc1C(C)(C)C. The predicted octanol–water partition coefficient (Wildman–Crippen LogP) is 9.38. The Kier molecular flexibility index (Phi) is 14.1. The van der Waals surface area contributed by atoms with Gasteiger partial charge in [-0.05, 0) is 23.5 Å². The zero-order chi connectivity index (χ0) is 21.5. The Balaban J connectivity index is 2.67. The molecule has 0 aliphatic carbocycles. The smallest absolute Gasteiger partial charge is 0.546 e. The molecule has 0 spiro atoms. The van der Waals surface area contributed by atoms with Crippen molar-refractivity contribution in [3.63, 3.8) is 0 Å². The van der Waals surface area contributed by atoms with Crippen LogP contribution in [0.15, 0.2) is 18.2 Å². The van der Waals surface area contributed by atoms with Crippen LogP contribution in [-0.4, -0.2) is 14.5 Å². The van der Waals surface area contributed by atoms with Crippen LogP contribution in [-0.2, 0) is 5.41 Å². The Bertz CT molecular complexity index is 516. The fraction of sp³-hybridized carbons (Fsp3) is 0.778. The summed E-state index contributed by atoms with van der Waals surface area (Å²) in [5.41, 5.74) is 2.85. The van der Waals surface area contributed by atoms with Crippen LogP contribution in [0.3, 0.4) is 0 Å². The molecule has 1 aromatic rings. The van der Waals surface area contributed by atoms with Gasteiger partial charge in [-0.15, -0.1) is 0 Å². The van der Waals surface area contributed by atoms with Crippen molar-refractivity contribution in [3.05, 3.63) is 29.3 Å². The molecule has 0 aromatic heterocycles. The predicted molar refractivity (Wildman–Crippen MR) is 133 cm³/mol. The first-order chi connectivity index (χ1) is 13.9. The average Bonchev–Trinajstić information content (AvgIpc) is 2.67. The molecule has 29 heavy (non-hydrogen) atoms. The molecule has 0 aliphatic heterocycles. The Hall–Kier alpha value is -0.448. The largest absolute Gasteiger partial charge is 0.642 e. The van der Waals surface area contributed by atoms with E-state index >= 15 is 0 Å². The van der Waals surface area contributed by atoms with E-state index in [1.165, 1.54) is 104 Å². The van der Waals surface area contributed by atoms with Gasteiger partial charge in [-0.1, -0.05) is 140 Å². The molecule has 0 atom stereocenters. The first kappa shape index (κ1) is 26.6. The van der Waals surface area contributed by atoms with Crippen molar-refractivity contribution in [1.29, 1.82) is 0 Å². The molecule has 0 N–H and O–H groups in total. The Labute approximate surface area is 187 Å². The fourth-order valence-electron chi connectivity index (χ4n) is 4.13. The fourth-order valence-corrected chi connectivity index (χ4v) is 6.79. The van der Waals surface area contributed by atoms with E-state index in [1.54, 1.807) is 0 Å². The molecule has 0 saturated heterocycles. The highest BCUT2D eigenvalue weighted by Gasteiger charge is 2.27. The van der Waals surface area contributed by atoms with Crippen LogP contribution in [0.25, 0.3) is 0 Å². The van der Waals surface area contributed by atoms with E-state index in [-0.39, 0.29) is 5.41 Å². The van der Waals surface area contributed by atoms with Gasteiger partial charge in [0.25, 0.3) is 0 Å². The molecular formula is C27H49AlO. The molecule has 0 radical (unpaired) electrons. The number of aryl methyl sites for hydroxylation is 1.